The summed E-state index contributed by atoms with van der Waals surface area (Å²) >= 11 is 0. The van der Waals surface area contributed by atoms with Gasteiger partial charge in [-0.15, -0.1) is 0 Å². The first kappa shape index (κ1) is 10.7. The molecule has 0 bridgehead atoms. The summed E-state index contributed by atoms with van der Waals surface area (Å²) in [6.45, 7) is 1.36. The number of rotatable bonds is 0. The quantitative estimate of drug-likeness (QED) is 0.450. The number of hydrogen-bond donors (Lipinski definition) is 2. The predicted octanol–water partition coefficient (Wildman–Crippen LogP) is -0.198. The van der Waals surface area contributed by atoms with Crippen LogP contribution in [0.5, 0.6) is 0 Å². The third-order valence-electron chi connectivity index (χ3n) is 0.287. The Kier molecular flexibility index (Phi) is 7.99. The maximum Gasteiger partial charge on any atom is 0.402 e. The fraction of sp³-hybridized carbons (Fsp3) is 0.500. The van der Waals surface area contributed by atoms with E-state index in [0.29, 0.717) is 0 Å². The minimum absolute atomic E-state index is 0.245. The third-order valence-corrected chi connectivity index (χ3v) is 0.287. The molecule has 0 saturated heterocycles. The molecule has 9 heavy (non-hydrogen) atoms. The molecule has 1 amide bonds. The van der Waals surface area contributed by atoms with Crippen molar-refractivity contribution in [2.24, 2.45) is 5.73 Å². The molecule has 0 aliphatic heterocycles. The molecule has 0 saturated carbocycles. The third kappa shape index (κ3) is 277. The SMILES string of the molecule is COC(C)=O.NC(=O)O. The molecular weight excluding hydrogens is 126 g/mol. The second-order valence-electron chi connectivity index (χ2n) is 1.03. The van der Waals surface area contributed by atoms with Crippen LogP contribution in [0.3, 0.4) is 0 Å². The molecule has 0 fully saturated rings. The fourth-order valence-corrected chi connectivity index (χ4v) is 0. The zero-order chi connectivity index (χ0) is 7.86. The lowest BCUT2D eigenvalue weighted by Crippen LogP contribution is -2.03. The van der Waals surface area contributed by atoms with E-state index in [1.165, 1.54) is 14.0 Å². The van der Waals surface area contributed by atoms with Crippen molar-refractivity contribution < 1.29 is 19.4 Å². The topological polar surface area (TPSA) is 89.6 Å². The largest absolute Gasteiger partial charge is 0.469 e. The Labute approximate surface area is 52.4 Å². The average Bonchev–Trinajstić information content (AvgIpc) is 1.65. The van der Waals surface area contributed by atoms with E-state index in [9.17, 15) is 4.79 Å². The van der Waals surface area contributed by atoms with Crippen molar-refractivity contribution in [3.8, 4) is 0 Å². The highest BCUT2D eigenvalue weighted by atomic mass is 16.5. The monoisotopic (exact) mass is 135 g/mol. The summed E-state index contributed by atoms with van der Waals surface area (Å²) in [4.78, 5) is 18.4. The van der Waals surface area contributed by atoms with Gasteiger partial charge in [-0.2, -0.15) is 0 Å². The Bertz CT molecular complexity index is 96.7. The van der Waals surface area contributed by atoms with Gasteiger partial charge in [-0.25, -0.2) is 4.79 Å². The van der Waals surface area contributed by atoms with Gasteiger partial charge in [0, 0.05) is 6.92 Å². The van der Waals surface area contributed by atoms with E-state index in [1.807, 2.05) is 0 Å². The van der Waals surface area contributed by atoms with E-state index < -0.39 is 6.09 Å². The zero-order valence-electron chi connectivity index (χ0n) is 5.25. The predicted molar refractivity (Wildman–Crippen MR) is 29.9 cm³/mol. The number of primary amides is 1. The van der Waals surface area contributed by atoms with Gasteiger partial charge in [-0.1, -0.05) is 0 Å². The van der Waals surface area contributed by atoms with Crippen molar-refractivity contribution in [2.75, 3.05) is 7.11 Å². The lowest BCUT2D eigenvalue weighted by Gasteiger charge is -1.80. The van der Waals surface area contributed by atoms with Crippen LogP contribution < -0.4 is 5.73 Å². The Morgan fingerprint density at radius 1 is 1.56 bits per heavy atom. The van der Waals surface area contributed by atoms with Gasteiger partial charge < -0.3 is 15.6 Å². The van der Waals surface area contributed by atoms with Crippen LogP contribution in [0.1, 0.15) is 6.92 Å². The van der Waals surface area contributed by atoms with Crippen LogP contribution >= 0.6 is 0 Å². The van der Waals surface area contributed by atoms with Crippen LogP contribution in [0.25, 0.3) is 0 Å². The normalized spacial score (nSPS) is 6.44. The summed E-state index contributed by atoms with van der Waals surface area (Å²) in [5.41, 5.74) is 4.03. The molecule has 0 spiro atoms. The maximum atomic E-state index is 9.59. The van der Waals surface area contributed by atoms with E-state index in [1.54, 1.807) is 0 Å². The number of carbonyl (C=O) groups is 2. The molecule has 0 radical (unpaired) electrons. The molecule has 0 aromatic heterocycles. The molecule has 0 aromatic rings. The Morgan fingerprint density at radius 2 is 1.67 bits per heavy atom. The van der Waals surface area contributed by atoms with Gasteiger partial charge in [0.15, 0.2) is 0 Å². The molecule has 0 rings (SSSR count). The number of nitrogens with two attached hydrogens (primary N) is 1. The molecule has 0 aliphatic rings. The van der Waals surface area contributed by atoms with Gasteiger partial charge in [0.1, 0.15) is 0 Å². The number of ether oxygens (including phenoxy) is 1. The maximum absolute atomic E-state index is 9.59. The standard InChI is InChI=1S/C3H6O2.CH3NO2/c1-3(4)5-2;2-1(3)4/h1-2H3;2H2,(H,3,4). The molecule has 3 N–H and O–H groups in total. The number of esters is 1. The summed E-state index contributed by atoms with van der Waals surface area (Å²) in [6.07, 6.45) is -1.33. The summed E-state index contributed by atoms with van der Waals surface area (Å²) in [5.74, 6) is -0.245. The summed E-state index contributed by atoms with van der Waals surface area (Å²) in [5, 5.41) is 7.19. The van der Waals surface area contributed by atoms with Crippen LogP contribution in [0, 0.1) is 0 Å². The Hall–Kier alpha value is -1.26. The van der Waals surface area contributed by atoms with Crippen molar-refractivity contribution in [1.29, 1.82) is 0 Å². The Balaban J connectivity index is 0. The lowest BCUT2D eigenvalue weighted by atomic mass is 10.8. The molecule has 0 aliphatic carbocycles. The molecule has 54 valence electrons. The second-order valence-corrected chi connectivity index (χ2v) is 1.03. The van der Waals surface area contributed by atoms with Gasteiger partial charge in [-0.3, -0.25) is 4.79 Å². The smallest absolute Gasteiger partial charge is 0.402 e. The van der Waals surface area contributed by atoms with E-state index in [2.05, 4.69) is 10.5 Å². The van der Waals surface area contributed by atoms with Gasteiger partial charge in [0.05, 0.1) is 7.11 Å². The van der Waals surface area contributed by atoms with Crippen molar-refractivity contribution >= 4 is 12.1 Å². The number of amides is 1. The lowest BCUT2D eigenvalue weighted by molar-refractivity contribution is -0.137. The highest BCUT2D eigenvalue weighted by Crippen LogP contribution is 1.60. The number of carbonyl (C=O) groups excluding carboxylic acids is 1. The minimum atomic E-state index is -1.33. The average molecular weight is 135 g/mol. The molecule has 0 heterocycles. The van der Waals surface area contributed by atoms with Crippen LogP contribution in [0.2, 0.25) is 0 Å². The van der Waals surface area contributed by atoms with Gasteiger partial charge in [0.25, 0.3) is 0 Å². The van der Waals surface area contributed by atoms with E-state index in [4.69, 9.17) is 9.90 Å². The van der Waals surface area contributed by atoms with Crippen molar-refractivity contribution in [2.45, 2.75) is 6.92 Å². The van der Waals surface area contributed by atoms with Crippen LogP contribution in [0.4, 0.5) is 4.79 Å². The molecule has 0 unspecified atom stereocenters. The first-order valence-electron chi connectivity index (χ1n) is 2.03. The van der Waals surface area contributed by atoms with E-state index in [0.717, 1.165) is 0 Å². The Morgan fingerprint density at radius 3 is 1.67 bits per heavy atom. The molecule has 5 heteroatoms. The minimum Gasteiger partial charge on any atom is -0.469 e. The highest BCUT2D eigenvalue weighted by Gasteiger charge is 1.75. The molecule has 5 nitrogen and oxygen atoms in total. The number of carboxylic acid groups (broad SMARTS) is 1. The van der Waals surface area contributed by atoms with Crippen molar-refractivity contribution in [3.05, 3.63) is 0 Å². The summed E-state index contributed by atoms with van der Waals surface area (Å²) in [6, 6.07) is 0. The first-order valence-corrected chi connectivity index (χ1v) is 2.03. The highest BCUT2D eigenvalue weighted by molar-refractivity contribution is 5.65. The van der Waals surface area contributed by atoms with Gasteiger partial charge in [0.2, 0.25) is 0 Å². The first-order chi connectivity index (χ1) is 4.00. The molecular formula is C4H9NO4. The summed E-state index contributed by atoms with van der Waals surface area (Å²) < 4.78 is 4.11. The number of hydrogen-bond acceptors (Lipinski definition) is 3. The van der Waals surface area contributed by atoms with Crippen molar-refractivity contribution in [3.63, 3.8) is 0 Å². The van der Waals surface area contributed by atoms with Crippen LogP contribution in [0.15, 0.2) is 0 Å². The zero-order valence-corrected chi connectivity index (χ0v) is 5.25. The van der Waals surface area contributed by atoms with Crippen LogP contribution in [-0.2, 0) is 9.53 Å². The van der Waals surface area contributed by atoms with Crippen LogP contribution in [-0.4, -0.2) is 24.3 Å². The summed E-state index contributed by atoms with van der Waals surface area (Å²) in [7, 11) is 1.35. The van der Waals surface area contributed by atoms with E-state index >= 15 is 0 Å². The van der Waals surface area contributed by atoms with Gasteiger partial charge in [-0.05, 0) is 0 Å². The van der Waals surface area contributed by atoms with E-state index in [-0.39, 0.29) is 5.97 Å². The molecule has 0 atom stereocenters. The molecule has 0 aromatic carbocycles. The van der Waals surface area contributed by atoms with Gasteiger partial charge >= 0.3 is 12.1 Å². The fourth-order valence-electron chi connectivity index (χ4n) is 0. The second kappa shape index (κ2) is 6.74. The van der Waals surface area contributed by atoms with Crippen molar-refractivity contribution in [1.82, 2.24) is 0 Å². The number of methoxy groups -OCH3 is 1.